The highest BCUT2D eigenvalue weighted by atomic mass is 32.1. The molecule has 0 saturated heterocycles. The number of benzene rings is 1. The maximum Gasteiger partial charge on any atom is 0.338 e. The van der Waals surface area contributed by atoms with E-state index in [1.165, 1.54) is 22.7 Å². The summed E-state index contributed by atoms with van der Waals surface area (Å²) in [5.41, 5.74) is 2.72. The number of aryl methyl sites for hydroxylation is 1. The average molecular weight is 493 g/mol. The Bertz CT molecular complexity index is 1520. The number of aromatic nitrogens is 1. The Labute approximate surface area is 202 Å². The molecule has 0 fully saturated rings. The summed E-state index contributed by atoms with van der Waals surface area (Å²) in [7, 11) is 0. The number of nitrogens with zero attached hydrogens (tertiary/aromatic N) is 2. The van der Waals surface area contributed by atoms with Gasteiger partial charge in [0.05, 0.1) is 22.4 Å². The molecule has 1 atom stereocenters. The van der Waals surface area contributed by atoms with E-state index in [1.54, 1.807) is 22.8 Å². The van der Waals surface area contributed by atoms with Crippen molar-refractivity contribution in [3.8, 4) is 0 Å². The zero-order valence-electron chi connectivity index (χ0n) is 18.0. The van der Waals surface area contributed by atoms with Crippen molar-refractivity contribution in [1.82, 2.24) is 4.57 Å². The van der Waals surface area contributed by atoms with Gasteiger partial charge in [0.2, 0.25) is 0 Å². The second-order valence-corrected chi connectivity index (χ2v) is 10.4. The Balaban J connectivity index is 1.83. The van der Waals surface area contributed by atoms with Crippen LogP contribution in [-0.2, 0) is 9.53 Å². The van der Waals surface area contributed by atoms with Crippen LogP contribution in [0.3, 0.4) is 0 Å². The summed E-state index contributed by atoms with van der Waals surface area (Å²) in [6, 6.07) is 14.9. The van der Waals surface area contributed by atoms with Crippen molar-refractivity contribution in [3.63, 3.8) is 0 Å². The minimum atomic E-state index is -0.595. The number of thiazole rings is 1. The summed E-state index contributed by atoms with van der Waals surface area (Å²) < 4.78 is 7.69. The summed E-state index contributed by atoms with van der Waals surface area (Å²) in [5.74, 6) is -0.457. The third kappa shape index (κ3) is 3.94. The first-order valence-electron chi connectivity index (χ1n) is 10.4. The van der Waals surface area contributed by atoms with E-state index in [4.69, 9.17) is 9.73 Å². The van der Waals surface area contributed by atoms with Gasteiger partial charge in [-0.25, -0.2) is 9.79 Å². The lowest BCUT2D eigenvalue weighted by atomic mass is 9.97. The molecule has 1 aromatic carbocycles. The summed E-state index contributed by atoms with van der Waals surface area (Å²) in [6.45, 7) is 4.04. The van der Waals surface area contributed by atoms with Crippen molar-refractivity contribution in [3.05, 3.63) is 105 Å². The van der Waals surface area contributed by atoms with Crippen LogP contribution in [-0.4, -0.2) is 17.1 Å². The van der Waals surface area contributed by atoms with Crippen LogP contribution in [0.25, 0.3) is 11.8 Å². The van der Waals surface area contributed by atoms with Crippen LogP contribution < -0.4 is 14.9 Å². The molecule has 4 heterocycles. The standard InChI is InChI=1S/C25H20N2O3S3/c1-3-30-24(29)20-21(16-8-5-4-6-9-16)26-25-27(22(20)17-10-7-12-31-17)23(28)19(33-25)14-18-15(2)11-13-32-18/h4-14,22H,3H2,1-2H3/b19-14-/t22-/m1/s1. The molecule has 0 amide bonds. The molecular weight excluding hydrogens is 472 g/mol. The van der Waals surface area contributed by atoms with Crippen LogP contribution in [0.1, 0.15) is 33.8 Å². The first kappa shape index (κ1) is 21.8. The SMILES string of the molecule is CCOC(=O)C1=C(c2ccccc2)N=c2s/c(=C\c3sccc3C)c(=O)n2[C@@H]1c1cccs1. The van der Waals surface area contributed by atoms with Crippen LogP contribution >= 0.6 is 34.0 Å². The molecule has 0 bridgehead atoms. The van der Waals surface area contributed by atoms with E-state index in [-0.39, 0.29) is 12.2 Å². The number of hydrogen-bond acceptors (Lipinski definition) is 7. The van der Waals surface area contributed by atoms with Crippen molar-refractivity contribution in [2.75, 3.05) is 6.61 Å². The van der Waals surface area contributed by atoms with Crippen molar-refractivity contribution in [1.29, 1.82) is 0 Å². The zero-order chi connectivity index (χ0) is 22.9. The molecule has 1 aliphatic heterocycles. The molecule has 8 heteroatoms. The van der Waals surface area contributed by atoms with E-state index >= 15 is 0 Å². The van der Waals surface area contributed by atoms with Gasteiger partial charge in [-0.3, -0.25) is 9.36 Å². The molecule has 0 N–H and O–H groups in total. The molecule has 166 valence electrons. The highest BCUT2D eigenvalue weighted by molar-refractivity contribution is 7.11. The highest BCUT2D eigenvalue weighted by Gasteiger charge is 2.35. The van der Waals surface area contributed by atoms with E-state index in [9.17, 15) is 9.59 Å². The predicted octanol–water partition coefficient (Wildman–Crippen LogP) is 4.37. The number of rotatable bonds is 5. The Hall–Kier alpha value is -3.07. The van der Waals surface area contributed by atoms with Gasteiger partial charge in [-0.2, -0.15) is 0 Å². The molecule has 0 spiro atoms. The van der Waals surface area contributed by atoms with Gasteiger partial charge in [0.1, 0.15) is 6.04 Å². The molecule has 5 nitrogen and oxygen atoms in total. The molecule has 0 saturated carbocycles. The lowest BCUT2D eigenvalue weighted by Crippen LogP contribution is -2.39. The fourth-order valence-corrected chi connectivity index (χ4v) is 6.55. The lowest BCUT2D eigenvalue weighted by Gasteiger charge is -2.24. The smallest absolute Gasteiger partial charge is 0.338 e. The number of esters is 1. The van der Waals surface area contributed by atoms with E-state index < -0.39 is 12.0 Å². The fourth-order valence-electron chi connectivity index (χ4n) is 3.81. The Morgan fingerprint density at radius 3 is 2.61 bits per heavy atom. The van der Waals surface area contributed by atoms with E-state index in [0.29, 0.717) is 20.6 Å². The Morgan fingerprint density at radius 2 is 1.94 bits per heavy atom. The van der Waals surface area contributed by atoms with E-state index in [2.05, 4.69) is 0 Å². The molecular formula is C25H20N2O3S3. The van der Waals surface area contributed by atoms with Crippen LogP contribution in [0.5, 0.6) is 0 Å². The van der Waals surface area contributed by atoms with Gasteiger partial charge in [0, 0.05) is 15.3 Å². The maximum absolute atomic E-state index is 13.6. The largest absolute Gasteiger partial charge is 0.463 e. The van der Waals surface area contributed by atoms with Gasteiger partial charge >= 0.3 is 5.97 Å². The molecule has 33 heavy (non-hydrogen) atoms. The zero-order valence-corrected chi connectivity index (χ0v) is 20.4. The Morgan fingerprint density at radius 1 is 1.12 bits per heavy atom. The summed E-state index contributed by atoms with van der Waals surface area (Å²) in [4.78, 5) is 34.3. The second kappa shape index (κ2) is 9.05. The molecule has 4 aromatic rings. The van der Waals surface area contributed by atoms with Crippen LogP contribution in [0.2, 0.25) is 0 Å². The molecule has 1 aliphatic rings. The van der Waals surface area contributed by atoms with Crippen molar-refractivity contribution in [2.45, 2.75) is 19.9 Å². The topological polar surface area (TPSA) is 60.7 Å². The third-order valence-electron chi connectivity index (χ3n) is 5.35. The van der Waals surface area contributed by atoms with Gasteiger partial charge in [-0.1, -0.05) is 47.7 Å². The quantitative estimate of drug-likeness (QED) is 0.389. The normalized spacial score (nSPS) is 15.9. The van der Waals surface area contributed by atoms with E-state index in [0.717, 1.165) is 20.9 Å². The average Bonchev–Trinajstić information content (AvgIpc) is 3.56. The maximum atomic E-state index is 13.6. The number of ether oxygens (including phenoxy) is 1. The summed E-state index contributed by atoms with van der Waals surface area (Å²) in [6.07, 6.45) is 1.92. The molecule has 0 radical (unpaired) electrons. The van der Waals surface area contributed by atoms with E-state index in [1.807, 2.05) is 72.3 Å². The minimum absolute atomic E-state index is 0.154. The van der Waals surface area contributed by atoms with Crippen LogP contribution in [0.4, 0.5) is 0 Å². The summed E-state index contributed by atoms with van der Waals surface area (Å²) >= 11 is 4.45. The van der Waals surface area contributed by atoms with Crippen LogP contribution in [0, 0.1) is 6.92 Å². The van der Waals surface area contributed by atoms with Crippen molar-refractivity contribution >= 4 is 51.8 Å². The van der Waals surface area contributed by atoms with Crippen LogP contribution in [0.15, 0.2) is 74.7 Å². The monoisotopic (exact) mass is 492 g/mol. The minimum Gasteiger partial charge on any atom is -0.463 e. The number of carbonyl (C=O) groups excluding carboxylic acids is 1. The third-order valence-corrected chi connectivity index (χ3v) is 8.22. The van der Waals surface area contributed by atoms with Gasteiger partial charge in [-0.15, -0.1) is 22.7 Å². The number of hydrogen-bond donors (Lipinski definition) is 0. The predicted molar refractivity (Wildman–Crippen MR) is 134 cm³/mol. The molecule has 0 unspecified atom stereocenters. The first-order chi connectivity index (χ1) is 16.1. The van der Waals surface area contributed by atoms with Gasteiger partial charge in [0.25, 0.3) is 5.56 Å². The highest BCUT2D eigenvalue weighted by Crippen LogP contribution is 2.36. The Kier molecular flexibility index (Phi) is 5.97. The number of thiophene rings is 2. The number of carbonyl (C=O) groups is 1. The fraction of sp³-hybridized carbons (Fsp3) is 0.160. The molecule has 0 aliphatic carbocycles. The molecule has 3 aromatic heterocycles. The van der Waals surface area contributed by atoms with Crippen molar-refractivity contribution < 1.29 is 9.53 Å². The first-order valence-corrected chi connectivity index (χ1v) is 13.0. The van der Waals surface area contributed by atoms with Crippen molar-refractivity contribution in [2.24, 2.45) is 4.99 Å². The van der Waals surface area contributed by atoms with Gasteiger partial charge in [0.15, 0.2) is 4.80 Å². The second-order valence-electron chi connectivity index (χ2n) is 7.41. The molecule has 5 rings (SSSR count). The van der Waals surface area contributed by atoms with Gasteiger partial charge < -0.3 is 4.74 Å². The number of fused-ring (bicyclic) bond motifs is 1. The van der Waals surface area contributed by atoms with Gasteiger partial charge in [-0.05, 0) is 48.4 Å². The lowest BCUT2D eigenvalue weighted by molar-refractivity contribution is -0.138. The summed E-state index contributed by atoms with van der Waals surface area (Å²) in [5, 5.41) is 3.96.